The van der Waals surface area contributed by atoms with Crippen LogP contribution in [0.25, 0.3) is 11.1 Å². The zero-order chi connectivity index (χ0) is 18.9. The van der Waals surface area contributed by atoms with Crippen LogP contribution in [-0.4, -0.2) is 19.8 Å². The minimum atomic E-state index is 0.598. The fraction of sp³-hybridized carbons (Fsp3) is 0.308. The Labute approximate surface area is 167 Å². The lowest BCUT2D eigenvalue weighted by molar-refractivity contribution is 0.0853. The third kappa shape index (κ3) is 3.22. The van der Waals surface area contributed by atoms with E-state index >= 15 is 0 Å². The zero-order valence-corrected chi connectivity index (χ0v) is 16.5. The van der Waals surface area contributed by atoms with Crippen molar-refractivity contribution in [2.45, 2.75) is 32.1 Å². The summed E-state index contributed by atoms with van der Waals surface area (Å²) in [4.78, 5) is 2.50. The normalized spacial score (nSPS) is 17.0. The maximum absolute atomic E-state index is 5.62. The SMILES string of the molecule is Cc1cccc(-c2cc(C3CCOCC3)cc3c2CCN3c2ccccc2)c1. The maximum atomic E-state index is 5.62. The molecule has 0 bridgehead atoms. The molecule has 5 rings (SSSR count). The van der Waals surface area contributed by atoms with Gasteiger partial charge in [-0.1, -0.05) is 54.1 Å². The van der Waals surface area contributed by atoms with Crippen LogP contribution in [0.3, 0.4) is 0 Å². The van der Waals surface area contributed by atoms with Gasteiger partial charge in [-0.2, -0.15) is 0 Å². The smallest absolute Gasteiger partial charge is 0.0471 e. The monoisotopic (exact) mass is 369 g/mol. The molecule has 3 aromatic carbocycles. The Morgan fingerprint density at radius 1 is 0.893 bits per heavy atom. The fourth-order valence-corrected chi connectivity index (χ4v) is 4.74. The molecule has 0 N–H and O–H groups in total. The summed E-state index contributed by atoms with van der Waals surface area (Å²) < 4.78 is 5.62. The molecule has 28 heavy (non-hydrogen) atoms. The Morgan fingerprint density at radius 2 is 1.71 bits per heavy atom. The third-order valence-corrected chi connectivity index (χ3v) is 6.21. The van der Waals surface area contributed by atoms with Gasteiger partial charge in [-0.15, -0.1) is 0 Å². The van der Waals surface area contributed by atoms with Gasteiger partial charge in [-0.25, -0.2) is 0 Å². The van der Waals surface area contributed by atoms with E-state index in [1.165, 1.54) is 39.2 Å². The summed E-state index contributed by atoms with van der Waals surface area (Å²) in [5.41, 5.74) is 9.74. The minimum Gasteiger partial charge on any atom is -0.381 e. The van der Waals surface area contributed by atoms with Crippen LogP contribution in [0.1, 0.15) is 35.4 Å². The van der Waals surface area contributed by atoms with E-state index in [1.54, 1.807) is 0 Å². The molecule has 2 heterocycles. The molecule has 0 spiro atoms. The molecule has 2 heteroatoms. The molecule has 0 amide bonds. The highest BCUT2D eigenvalue weighted by atomic mass is 16.5. The van der Waals surface area contributed by atoms with Gasteiger partial charge < -0.3 is 9.64 Å². The second kappa shape index (κ2) is 7.44. The first-order valence-corrected chi connectivity index (χ1v) is 10.4. The van der Waals surface area contributed by atoms with Crippen molar-refractivity contribution in [3.63, 3.8) is 0 Å². The molecule has 142 valence electrons. The van der Waals surface area contributed by atoms with Gasteiger partial charge >= 0.3 is 0 Å². The number of hydrogen-bond donors (Lipinski definition) is 0. The Hall–Kier alpha value is -2.58. The number of fused-ring (bicyclic) bond motifs is 1. The van der Waals surface area contributed by atoms with Crippen molar-refractivity contribution >= 4 is 11.4 Å². The second-order valence-electron chi connectivity index (χ2n) is 8.06. The number of ether oxygens (including phenoxy) is 1. The van der Waals surface area contributed by atoms with Gasteiger partial charge in [0.05, 0.1) is 0 Å². The van der Waals surface area contributed by atoms with Crippen molar-refractivity contribution in [2.75, 3.05) is 24.7 Å². The summed E-state index contributed by atoms with van der Waals surface area (Å²) >= 11 is 0. The molecule has 2 aliphatic rings. The summed E-state index contributed by atoms with van der Waals surface area (Å²) in [6.45, 7) is 4.99. The van der Waals surface area contributed by atoms with Crippen molar-refractivity contribution in [2.24, 2.45) is 0 Å². The number of aryl methyl sites for hydroxylation is 1. The summed E-state index contributed by atoms with van der Waals surface area (Å²) in [6, 6.07) is 24.7. The Bertz CT molecular complexity index is 973. The van der Waals surface area contributed by atoms with Crippen LogP contribution in [0.2, 0.25) is 0 Å². The van der Waals surface area contributed by atoms with Gasteiger partial charge in [-0.3, -0.25) is 0 Å². The average Bonchev–Trinajstić information content (AvgIpc) is 3.18. The Morgan fingerprint density at radius 3 is 2.50 bits per heavy atom. The van der Waals surface area contributed by atoms with Crippen LogP contribution in [0.15, 0.2) is 66.7 Å². The van der Waals surface area contributed by atoms with Crippen LogP contribution in [0.5, 0.6) is 0 Å². The summed E-state index contributed by atoms with van der Waals surface area (Å²) in [6.07, 6.45) is 3.34. The molecular weight excluding hydrogens is 342 g/mol. The quantitative estimate of drug-likeness (QED) is 0.541. The molecular formula is C26H27NO. The third-order valence-electron chi connectivity index (χ3n) is 6.21. The maximum Gasteiger partial charge on any atom is 0.0471 e. The van der Waals surface area contributed by atoms with Gasteiger partial charge in [0.2, 0.25) is 0 Å². The van der Waals surface area contributed by atoms with Gasteiger partial charge in [0.15, 0.2) is 0 Å². The highest BCUT2D eigenvalue weighted by Gasteiger charge is 2.27. The summed E-state index contributed by atoms with van der Waals surface area (Å²) in [5.74, 6) is 0.598. The van der Waals surface area contributed by atoms with E-state index in [-0.39, 0.29) is 0 Å². The lowest BCUT2D eigenvalue weighted by atomic mass is 9.86. The molecule has 3 aromatic rings. The summed E-state index contributed by atoms with van der Waals surface area (Å²) in [5, 5.41) is 0. The van der Waals surface area contributed by atoms with Crippen LogP contribution in [-0.2, 0) is 11.2 Å². The van der Waals surface area contributed by atoms with E-state index in [0.717, 1.165) is 39.0 Å². The van der Waals surface area contributed by atoms with Gasteiger partial charge in [-0.05, 0) is 72.6 Å². The average molecular weight is 370 g/mol. The first-order valence-electron chi connectivity index (χ1n) is 10.4. The van der Waals surface area contributed by atoms with Crippen LogP contribution < -0.4 is 4.90 Å². The van der Waals surface area contributed by atoms with E-state index in [4.69, 9.17) is 4.74 Å². The molecule has 0 aromatic heterocycles. The number of benzene rings is 3. The number of para-hydroxylation sites is 1. The molecule has 0 radical (unpaired) electrons. The van der Waals surface area contributed by atoms with Gasteiger partial charge in [0, 0.05) is 31.1 Å². The lowest BCUT2D eigenvalue weighted by Gasteiger charge is -2.26. The van der Waals surface area contributed by atoms with E-state index in [1.807, 2.05) is 0 Å². The van der Waals surface area contributed by atoms with Crippen molar-refractivity contribution < 1.29 is 4.74 Å². The number of nitrogens with zero attached hydrogens (tertiary/aromatic N) is 1. The standard InChI is InChI=1S/C26H27NO/c1-19-6-5-7-21(16-19)25-17-22(20-11-14-28-15-12-20)18-26-24(25)10-13-27(26)23-8-3-2-4-9-23/h2-9,16-18,20H,10-15H2,1H3. The largest absolute Gasteiger partial charge is 0.381 e. The molecule has 2 nitrogen and oxygen atoms in total. The predicted molar refractivity (Wildman–Crippen MR) is 117 cm³/mol. The first-order chi connectivity index (χ1) is 13.8. The number of hydrogen-bond acceptors (Lipinski definition) is 2. The van der Waals surface area contributed by atoms with E-state index in [2.05, 4.69) is 78.6 Å². The van der Waals surface area contributed by atoms with Gasteiger partial charge in [0.25, 0.3) is 0 Å². The predicted octanol–water partition coefficient (Wildman–Crippen LogP) is 6.25. The topological polar surface area (TPSA) is 12.5 Å². The molecule has 0 unspecified atom stereocenters. The molecule has 0 aliphatic carbocycles. The molecule has 1 fully saturated rings. The van der Waals surface area contributed by atoms with Crippen molar-refractivity contribution in [3.8, 4) is 11.1 Å². The number of anilines is 2. The van der Waals surface area contributed by atoms with Crippen LogP contribution in [0, 0.1) is 6.92 Å². The van der Waals surface area contributed by atoms with E-state index in [0.29, 0.717) is 5.92 Å². The highest BCUT2D eigenvalue weighted by Crippen LogP contribution is 2.43. The first kappa shape index (κ1) is 17.5. The minimum absolute atomic E-state index is 0.598. The van der Waals surface area contributed by atoms with Crippen LogP contribution in [0.4, 0.5) is 11.4 Å². The molecule has 1 saturated heterocycles. The van der Waals surface area contributed by atoms with E-state index < -0.39 is 0 Å². The van der Waals surface area contributed by atoms with Crippen molar-refractivity contribution in [1.29, 1.82) is 0 Å². The van der Waals surface area contributed by atoms with Crippen molar-refractivity contribution in [1.82, 2.24) is 0 Å². The summed E-state index contributed by atoms with van der Waals surface area (Å²) in [7, 11) is 0. The zero-order valence-electron chi connectivity index (χ0n) is 16.5. The fourth-order valence-electron chi connectivity index (χ4n) is 4.74. The van der Waals surface area contributed by atoms with E-state index in [9.17, 15) is 0 Å². The Balaban J connectivity index is 1.66. The molecule has 0 saturated carbocycles. The molecule has 0 atom stereocenters. The second-order valence-corrected chi connectivity index (χ2v) is 8.06. The Kier molecular flexibility index (Phi) is 4.66. The lowest BCUT2D eigenvalue weighted by Crippen LogP contribution is -2.16. The van der Waals surface area contributed by atoms with Gasteiger partial charge in [0.1, 0.15) is 0 Å². The highest BCUT2D eigenvalue weighted by molar-refractivity contribution is 5.81. The molecule has 2 aliphatic heterocycles. The van der Waals surface area contributed by atoms with Crippen LogP contribution >= 0.6 is 0 Å². The number of rotatable bonds is 3. The van der Waals surface area contributed by atoms with Crippen molar-refractivity contribution in [3.05, 3.63) is 83.4 Å².